The van der Waals surface area contributed by atoms with Crippen molar-refractivity contribution in [3.05, 3.63) is 35.1 Å². The quantitative estimate of drug-likeness (QED) is 0.839. The van der Waals surface area contributed by atoms with Crippen LogP contribution in [0, 0.1) is 0 Å². The van der Waals surface area contributed by atoms with Gasteiger partial charge in [0.1, 0.15) is 11.3 Å². The van der Waals surface area contributed by atoms with Crippen LogP contribution in [0.5, 0.6) is 5.75 Å². The maximum Gasteiger partial charge on any atom is 0.146 e. The van der Waals surface area contributed by atoms with E-state index in [-0.39, 0.29) is 0 Å². The van der Waals surface area contributed by atoms with Crippen molar-refractivity contribution in [3.8, 4) is 5.75 Å². The van der Waals surface area contributed by atoms with E-state index in [9.17, 15) is 0 Å². The number of methoxy groups -OCH3 is 2. The molecule has 5 heteroatoms. The molecule has 0 aliphatic rings. The molecule has 4 nitrogen and oxygen atoms in total. The molecule has 0 radical (unpaired) electrons. The third-order valence-corrected chi connectivity index (χ3v) is 2.62. The van der Waals surface area contributed by atoms with Crippen LogP contribution in [0.4, 0.5) is 0 Å². The molecule has 0 amide bonds. The Balaban J connectivity index is 2.46. The van der Waals surface area contributed by atoms with Crippen LogP contribution < -0.4 is 4.74 Å². The number of halogens is 1. The van der Waals surface area contributed by atoms with Crippen LogP contribution in [0.1, 0.15) is 5.56 Å². The van der Waals surface area contributed by atoms with Gasteiger partial charge in [-0.3, -0.25) is 0 Å². The molecule has 0 unspecified atom stereocenters. The molecule has 2 aromatic rings. The fraction of sp³-hybridized carbons (Fsp3) is 0.250. The van der Waals surface area contributed by atoms with Crippen molar-refractivity contribution in [2.45, 2.75) is 0 Å². The van der Waals surface area contributed by atoms with Crippen molar-refractivity contribution in [2.75, 3.05) is 20.8 Å². The van der Waals surface area contributed by atoms with Crippen LogP contribution >= 0.6 is 11.6 Å². The smallest absolute Gasteiger partial charge is 0.146 e. The predicted molar refractivity (Wildman–Crippen MR) is 67.7 cm³/mol. The van der Waals surface area contributed by atoms with Gasteiger partial charge in [-0.05, 0) is 11.6 Å². The molecule has 2 rings (SSSR count). The van der Waals surface area contributed by atoms with Gasteiger partial charge in [0.2, 0.25) is 0 Å². The summed E-state index contributed by atoms with van der Waals surface area (Å²) < 4.78 is 12.0. The number of pyridine rings is 1. The summed E-state index contributed by atoms with van der Waals surface area (Å²) in [6, 6.07) is 1.91. The van der Waals surface area contributed by atoms with Gasteiger partial charge in [-0.2, -0.15) is 5.10 Å². The lowest BCUT2D eigenvalue weighted by molar-refractivity contribution is 0.234. The lowest BCUT2D eigenvalue weighted by Gasteiger charge is -2.05. The van der Waals surface area contributed by atoms with Gasteiger partial charge in [0.15, 0.2) is 0 Å². The first kappa shape index (κ1) is 12.0. The highest BCUT2D eigenvalue weighted by atomic mass is 35.5. The van der Waals surface area contributed by atoms with Crippen molar-refractivity contribution >= 4 is 23.2 Å². The average Bonchev–Trinajstić information content (AvgIpc) is 2.71. The molecule has 0 aromatic carbocycles. The Morgan fingerprint density at radius 2 is 2.29 bits per heavy atom. The minimum absolute atomic E-state index is 0.570. The minimum atomic E-state index is 0.570. The summed E-state index contributed by atoms with van der Waals surface area (Å²) in [5, 5.41) is 4.73. The Labute approximate surface area is 104 Å². The van der Waals surface area contributed by atoms with E-state index >= 15 is 0 Å². The van der Waals surface area contributed by atoms with Gasteiger partial charge in [-0.1, -0.05) is 23.8 Å². The molecule has 0 N–H and O–H groups in total. The molecule has 0 atom stereocenters. The average molecular weight is 253 g/mol. The molecule has 0 aliphatic carbocycles. The number of hydrogen-bond donors (Lipinski definition) is 0. The molecule has 0 spiro atoms. The van der Waals surface area contributed by atoms with E-state index in [1.165, 1.54) is 0 Å². The Hall–Kier alpha value is -1.52. The molecule has 2 heterocycles. The van der Waals surface area contributed by atoms with Crippen LogP contribution in [-0.4, -0.2) is 30.4 Å². The normalized spacial score (nSPS) is 11.5. The zero-order chi connectivity index (χ0) is 12.3. The molecule has 17 heavy (non-hydrogen) atoms. The van der Waals surface area contributed by atoms with Crippen LogP contribution in [0.2, 0.25) is 5.02 Å². The summed E-state index contributed by atoms with van der Waals surface area (Å²) in [4.78, 5) is 0. The van der Waals surface area contributed by atoms with Crippen LogP contribution in [0.3, 0.4) is 0 Å². The van der Waals surface area contributed by atoms with E-state index in [1.807, 2.05) is 24.4 Å². The molecular weight excluding hydrogens is 240 g/mol. The second-order valence-electron chi connectivity index (χ2n) is 3.49. The third-order valence-electron chi connectivity index (χ3n) is 2.35. The molecule has 0 saturated heterocycles. The second kappa shape index (κ2) is 5.21. The largest absolute Gasteiger partial charge is 0.494 e. The van der Waals surface area contributed by atoms with Crippen molar-refractivity contribution in [1.29, 1.82) is 0 Å². The molecule has 0 fully saturated rings. The van der Waals surface area contributed by atoms with Gasteiger partial charge >= 0.3 is 0 Å². The third kappa shape index (κ3) is 2.43. The Kier molecular flexibility index (Phi) is 3.66. The highest BCUT2D eigenvalue weighted by Gasteiger charge is 2.08. The molecule has 0 bridgehead atoms. The summed E-state index contributed by atoms with van der Waals surface area (Å²) >= 11 is 6.03. The summed E-state index contributed by atoms with van der Waals surface area (Å²) in [5.41, 5.74) is 1.75. The van der Waals surface area contributed by atoms with E-state index in [4.69, 9.17) is 21.1 Å². The molecular formula is C12H13ClN2O2. The number of fused-ring (bicyclic) bond motifs is 1. The number of ether oxygens (including phenoxy) is 2. The Bertz CT molecular complexity index is 549. The summed E-state index contributed by atoms with van der Waals surface area (Å²) in [5.74, 6) is 0.701. The lowest BCUT2D eigenvalue weighted by Crippen LogP contribution is -1.93. The maximum absolute atomic E-state index is 6.03. The highest BCUT2D eigenvalue weighted by molar-refractivity contribution is 6.34. The van der Waals surface area contributed by atoms with E-state index in [0.29, 0.717) is 17.4 Å². The summed E-state index contributed by atoms with van der Waals surface area (Å²) in [7, 11) is 3.27. The fourth-order valence-electron chi connectivity index (χ4n) is 1.60. The minimum Gasteiger partial charge on any atom is -0.494 e. The standard InChI is InChI=1S/C12H13ClN2O2/c1-16-5-3-4-9-6-11(17-2)12-10(13)7-14-15(12)8-9/h3-4,6-8H,5H2,1-2H3/b4-3+. The second-order valence-corrected chi connectivity index (χ2v) is 3.89. The molecule has 0 saturated carbocycles. The number of hydrogen-bond acceptors (Lipinski definition) is 3. The van der Waals surface area contributed by atoms with Crippen LogP contribution in [0.25, 0.3) is 11.6 Å². The van der Waals surface area contributed by atoms with Crippen molar-refractivity contribution in [3.63, 3.8) is 0 Å². The maximum atomic E-state index is 6.03. The highest BCUT2D eigenvalue weighted by Crippen LogP contribution is 2.28. The summed E-state index contributed by atoms with van der Waals surface area (Å²) in [6.45, 7) is 0.570. The van der Waals surface area contributed by atoms with Crippen molar-refractivity contribution < 1.29 is 9.47 Å². The van der Waals surface area contributed by atoms with Crippen LogP contribution in [0.15, 0.2) is 24.5 Å². The van der Waals surface area contributed by atoms with Gasteiger partial charge in [-0.15, -0.1) is 0 Å². The van der Waals surface area contributed by atoms with Gasteiger partial charge in [-0.25, -0.2) is 4.52 Å². The number of aromatic nitrogens is 2. The van der Waals surface area contributed by atoms with E-state index in [0.717, 1.165) is 11.1 Å². The first-order chi connectivity index (χ1) is 8.26. The molecule has 0 aliphatic heterocycles. The molecule has 2 aromatic heterocycles. The number of nitrogens with zero attached hydrogens (tertiary/aromatic N) is 2. The SMILES string of the molecule is COC/C=C/c1cc(OC)c2c(Cl)cnn2c1. The first-order valence-electron chi connectivity index (χ1n) is 5.12. The monoisotopic (exact) mass is 252 g/mol. The van der Waals surface area contributed by atoms with E-state index in [1.54, 1.807) is 24.9 Å². The zero-order valence-electron chi connectivity index (χ0n) is 9.68. The molecule has 90 valence electrons. The van der Waals surface area contributed by atoms with Gasteiger partial charge in [0.25, 0.3) is 0 Å². The van der Waals surface area contributed by atoms with Gasteiger partial charge < -0.3 is 9.47 Å². The Morgan fingerprint density at radius 3 is 3.00 bits per heavy atom. The van der Waals surface area contributed by atoms with E-state index < -0.39 is 0 Å². The van der Waals surface area contributed by atoms with Crippen molar-refractivity contribution in [2.24, 2.45) is 0 Å². The zero-order valence-corrected chi connectivity index (χ0v) is 10.4. The topological polar surface area (TPSA) is 35.8 Å². The van der Waals surface area contributed by atoms with Gasteiger partial charge in [0, 0.05) is 13.3 Å². The Morgan fingerprint density at radius 1 is 1.47 bits per heavy atom. The lowest BCUT2D eigenvalue weighted by atomic mass is 10.2. The predicted octanol–water partition coefficient (Wildman–Crippen LogP) is 2.66. The van der Waals surface area contributed by atoms with Crippen molar-refractivity contribution in [1.82, 2.24) is 9.61 Å². The fourth-order valence-corrected chi connectivity index (χ4v) is 1.82. The summed E-state index contributed by atoms with van der Waals surface area (Å²) in [6.07, 6.45) is 7.35. The van der Waals surface area contributed by atoms with Crippen LogP contribution in [-0.2, 0) is 4.74 Å². The number of rotatable bonds is 4. The first-order valence-corrected chi connectivity index (χ1v) is 5.50. The van der Waals surface area contributed by atoms with Gasteiger partial charge in [0.05, 0.1) is 24.9 Å². The van der Waals surface area contributed by atoms with E-state index in [2.05, 4.69) is 5.10 Å².